The highest BCUT2D eigenvalue weighted by Gasteiger charge is 2.36. The van der Waals surface area contributed by atoms with Crippen molar-refractivity contribution in [1.82, 2.24) is 15.1 Å². The molecule has 2 aromatic carbocycles. The van der Waals surface area contributed by atoms with Gasteiger partial charge in [0.2, 0.25) is 0 Å². The molecule has 1 aliphatic heterocycles. The Labute approximate surface area is 178 Å². The van der Waals surface area contributed by atoms with Crippen LogP contribution in [0.1, 0.15) is 38.9 Å². The third-order valence-corrected chi connectivity index (χ3v) is 5.08. The van der Waals surface area contributed by atoms with Gasteiger partial charge in [-0.25, -0.2) is 0 Å². The van der Waals surface area contributed by atoms with E-state index in [4.69, 9.17) is 4.74 Å². The summed E-state index contributed by atoms with van der Waals surface area (Å²) in [6, 6.07) is 15.0. The van der Waals surface area contributed by atoms with Crippen LogP contribution in [0.4, 0.5) is 5.69 Å². The fraction of sp³-hybridized carbons (Fsp3) is 0.391. The molecule has 0 radical (unpaired) electrons. The molecule has 7 heteroatoms. The summed E-state index contributed by atoms with van der Waals surface area (Å²) in [5, 5.41) is 6.38. The highest BCUT2D eigenvalue weighted by Crippen LogP contribution is 2.34. The summed E-state index contributed by atoms with van der Waals surface area (Å²) in [4.78, 5) is 29.2. The number of benzene rings is 2. The van der Waals surface area contributed by atoms with Gasteiger partial charge >= 0.3 is 0 Å². The van der Waals surface area contributed by atoms with Crippen LogP contribution in [0.15, 0.2) is 48.5 Å². The van der Waals surface area contributed by atoms with Crippen LogP contribution in [0.25, 0.3) is 0 Å². The van der Waals surface area contributed by atoms with Crippen molar-refractivity contribution in [1.29, 1.82) is 0 Å². The van der Waals surface area contributed by atoms with Crippen molar-refractivity contribution in [2.45, 2.75) is 12.6 Å². The van der Waals surface area contributed by atoms with Crippen LogP contribution >= 0.6 is 0 Å². The quantitative estimate of drug-likeness (QED) is 0.589. The molecule has 1 aliphatic rings. The lowest BCUT2D eigenvalue weighted by Gasteiger charge is -2.27. The number of likely N-dealkylation sites (N-methyl/N-ethyl adjacent to an activating group) is 1. The van der Waals surface area contributed by atoms with Crippen LogP contribution in [0.5, 0.6) is 0 Å². The van der Waals surface area contributed by atoms with Crippen molar-refractivity contribution in [3.63, 3.8) is 0 Å². The molecule has 0 unspecified atom stereocenters. The third kappa shape index (κ3) is 5.17. The van der Waals surface area contributed by atoms with Gasteiger partial charge in [0, 0.05) is 55.7 Å². The maximum absolute atomic E-state index is 12.9. The highest BCUT2D eigenvalue weighted by molar-refractivity contribution is 5.99. The molecule has 2 aromatic rings. The van der Waals surface area contributed by atoms with Gasteiger partial charge in [-0.1, -0.05) is 24.3 Å². The third-order valence-electron chi connectivity index (χ3n) is 5.08. The van der Waals surface area contributed by atoms with E-state index in [0.29, 0.717) is 30.8 Å². The Bertz CT molecular complexity index is 884. The van der Waals surface area contributed by atoms with E-state index < -0.39 is 0 Å². The van der Waals surface area contributed by atoms with Crippen molar-refractivity contribution in [3.8, 4) is 0 Å². The fourth-order valence-electron chi connectivity index (χ4n) is 3.54. The van der Waals surface area contributed by atoms with Crippen LogP contribution in [-0.4, -0.2) is 69.1 Å². The van der Waals surface area contributed by atoms with Gasteiger partial charge in [-0.05, 0) is 44.8 Å². The molecule has 2 amide bonds. The number of nitrogens with one attached hydrogen (secondary N) is 2. The van der Waals surface area contributed by atoms with Crippen molar-refractivity contribution < 1.29 is 14.3 Å². The molecule has 0 aromatic heterocycles. The Morgan fingerprint density at radius 1 is 1.17 bits per heavy atom. The molecule has 0 saturated heterocycles. The van der Waals surface area contributed by atoms with E-state index in [2.05, 4.69) is 10.6 Å². The van der Waals surface area contributed by atoms with Gasteiger partial charge in [-0.15, -0.1) is 0 Å². The molecule has 2 N–H and O–H groups in total. The van der Waals surface area contributed by atoms with Gasteiger partial charge in [0.15, 0.2) is 0 Å². The summed E-state index contributed by atoms with van der Waals surface area (Å²) in [7, 11) is 5.59. The number of nitrogens with zero attached hydrogens (tertiary/aromatic N) is 2. The number of hydrogen-bond acceptors (Lipinski definition) is 5. The van der Waals surface area contributed by atoms with Crippen LogP contribution in [0.3, 0.4) is 0 Å². The lowest BCUT2D eigenvalue weighted by Crippen LogP contribution is -2.34. The Morgan fingerprint density at radius 3 is 2.73 bits per heavy atom. The first-order valence-corrected chi connectivity index (χ1v) is 10.2. The van der Waals surface area contributed by atoms with Gasteiger partial charge < -0.3 is 25.2 Å². The minimum Gasteiger partial charge on any atom is -0.385 e. The topological polar surface area (TPSA) is 73.9 Å². The lowest BCUT2D eigenvalue weighted by molar-refractivity contribution is 0.0721. The van der Waals surface area contributed by atoms with Crippen molar-refractivity contribution in [2.24, 2.45) is 0 Å². The number of methoxy groups -OCH3 is 1. The molecule has 0 saturated carbocycles. The van der Waals surface area contributed by atoms with E-state index in [1.54, 1.807) is 13.2 Å². The first-order chi connectivity index (χ1) is 14.5. The number of carbonyl (C=O) groups excluding carboxylic acids is 2. The van der Waals surface area contributed by atoms with Gasteiger partial charge in [0.25, 0.3) is 11.8 Å². The second-order valence-electron chi connectivity index (χ2n) is 7.62. The van der Waals surface area contributed by atoms with Gasteiger partial charge in [-0.2, -0.15) is 0 Å². The molecular weight excluding hydrogens is 380 g/mol. The predicted octanol–water partition coefficient (Wildman–Crippen LogP) is 2.58. The minimum atomic E-state index is -0.280. The molecular formula is C23H30N4O3. The van der Waals surface area contributed by atoms with E-state index in [1.165, 1.54) is 0 Å². The van der Waals surface area contributed by atoms with Gasteiger partial charge in [0.05, 0.1) is 0 Å². The number of hydrogen-bond donors (Lipinski definition) is 2. The highest BCUT2D eigenvalue weighted by atomic mass is 16.5. The van der Waals surface area contributed by atoms with Crippen molar-refractivity contribution >= 4 is 17.5 Å². The average Bonchev–Trinajstić information content (AvgIpc) is 3.00. The number of amides is 2. The standard InChI is InChI=1S/C23H30N4O3/c1-26(2)14-12-24-22(28)17-8-6-9-18(16-17)25-21-19-10-4-5-11-20(19)23(29)27(21)13-7-15-30-3/h4-6,8-11,16,21,25H,7,12-15H2,1-3H3,(H,24,28)/t21-/m0/s1. The number of fused-ring (bicyclic) bond motifs is 1. The number of anilines is 1. The largest absolute Gasteiger partial charge is 0.385 e. The second-order valence-corrected chi connectivity index (χ2v) is 7.62. The van der Waals surface area contributed by atoms with Gasteiger partial charge in [-0.3, -0.25) is 9.59 Å². The molecule has 3 rings (SSSR count). The van der Waals surface area contributed by atoms with Crippen LogP contribution in [0.2, 0.25) is 0 Å². The maximum atomic E-state index is 12.9. The van der Waals surface area contributed by atoms with Crippen LogP contribution in [-0.2, 0) is 4.74 Å². The average molecular weight is 411 g/mol. The zero-order valence-electron chi connectivity index (χ0n) is 17.9. The molecule has 1 atom stereocenters. The van der Waals surface area contributed by atoms with E-state index in [9.17, 15) is 9.59 Å². The van der Waals surface area contributed by atoms with Crippen LogP contribution in [0, 0.1) is 0 Å². The maximum Gasteiger partial charge on any atom is 0.256 e. The Balaban J connectivity index is 1.76. The molecule has 30 heavy (non-hydrogen) atoms. The van der Waals surface area contributed by atoms with Crippen molar-refractivity contribution in [2.75, 3.05) is 52.8 Å². The number of carbonyl (C=O) groups is 2. The summed E-state index contributed by atoms with van der Waals surface area (Å²) in [5.74, 6) is -0.0999. The number of rotatable bonds is 10. The summed E-state index contributed by atoms with van der Waals surface area (Å²) < 4.78 is 5.15. The Hall–Kier alpha value is -2.90. The van der Waals surface area contributed by atoms with Crippen molar-refractivity contribution in [3.05, 3.63) is 65.2 Å². The van der Waals surface area contributed by atoms with E-state index in [1.807, 2.05) is 66.4 Å². The summed E-state index contributed by atoms with van der Waals surface area (Å²) in [6.45, 7) is 2.54. The Kier molecular flexibility index (Phi) is 7.43. The fourth-order valence-corrected chi connectivity index (χ4v) is 3.54. The SMILES string of the molecule is COCCCN1C(=O)c2ccccc2[C@H]1Nc1cccc(C(=O)NCCN(C)C)c1. The molecule has 0 bridgehead atoms. The lowest BCUT2D eigenvalue weighted by atomic mass is 10.1. The predicted molar refractivity (Wildman–Crippen MR) is 118 cm³/mol. The molecule has 1 heterocycles. The zero-order chi connectivity index (χ0) is 21.5. The summed E-state index contributed by atoms with van der Waals surface area (Å²) in [5.41, 5.74) is 3.04. The van der Waals surface area contributed by atoms with E-state index >= 15 is 0 Å². The van der Waals surface area contributed by atoms with E-state index in [0.717, 1.165) is 24.2 Å². The van der Waals surface area contributed by atoms with E-state index in [-0.39, 0.29) is 18.0 Å². The normalized spacial score (nSPS) is 15.4. The molecule has 7 nitrogen and oxygen atoms in total. The Morgan fingerprint density at radius 2 is 1.97 bits per heavy atom. The molecule has 0 spiro atoms. The molecule has 160 valence electrons. The monoisotopic (exact) mass is 410 g/mol. The molecule has 0 fully saturated rings. The smallest absolute Gasteiger partial charge is 0.256 e. The first-order valence-electron chi connectivity index (χ1n) is 10.2. The minimum absolute atomic E-state index is 0.0109. The molecule has 0 aliphatic carbocycles. The first kappa shape index (κ1) is 21.8. The van der Waals surface area contributed by atoms with Crippen LogP contribution < -0.4 is 10.6 Å². The number of ether oxygens (including phenoxy) is 1. The van der Waals surface area contributed by atoms with Gasteiger partial charge in [0.1, 0.15) is 6.17 Å². The zero-order valence-corrected chi connectivity index (χ0v) is 17.9. The summed E-state index contributed by atoms with van der Waals surface area (Å²) >= 11 is 0. The summed E-state index contributed by atoms with van der Waals surface area (Å²) in [6.07, 6.45) is 0.473. The second kappa shape index (κ2) is 10.2.